The molecule has 8 nitrogen and oxygen atoms in total. The van der Waals surface area contributed by atoms with E-state index in [0.717, 1.165) is 27.9 Å². The normalized spacial score (nSPS) is 11.9. The lowest BCUT2D eigenvalue weighted by Gasteiger charge is -2.17. The molecule has 0 fully saturated rings. The summed E-state index contributed by atoms with van der Waals surface area (Å²) in [5.41, 5.74) is 4.22. The van der Waals surface area contributed by atoms with Gasteiger partial charge >= 0.3 is 5.97 Å². The van der Waals surface area contributed by atoms with Crippen molar-refractivity contribution in [1.82, 2.24) is 4.98 Å². The van der Waals surface area contributed by atoms with Gasteiger partial charge in [0.25, 0.3) is 0 Å². The number of pyridine rings is 1. The Hall–Kier alpha value is -3.17. The average Bonchev–Trinajstić information content (AvgIpc) is 2.93. The number of carbonyl (C=O) groups is 1. The highest BCUT2D eigenvalue weighted by molar-refractivity contribution is 6.33. The number of hydrogen-bond acceptors (Lipinski definition) is 8. The van der Waals surface area contributed by atoms with E-state index in [9.17, 15) is 15.0 Å². The number of halogens is 1. The molecule has 3 aromatic rings. The maximum atomic E-state index is 11.7. The van der Waals surface area contributed by atoms with Crippen molar-refractivity contribution in [2.45, 2.75) is 33.0 Å². The average molecular weight is 544 g/mol. The van der Waals surface area contributed by atoms with Crippen LogP contribution in [0.5, 0.6) is 11.6 Å². The van der Waals surface area contributed by atoms with Gasteiger partial charge in [0.1, 0.15) is 12.4 Å². The molecule has 0 amide bonds. The molecule has 2 N–H and O–H groups in total. The Labute approximate surface area is 228 Å². The van der Waals surface area contributed by atoms with Gasteiger partial charge in [-0.15, -0.1) is 0 Å². The van der Waals surface area contributed by atoms with Gasteiger partial charge in [-0.2, -0.15) is 0 Å². The smallest absolute Gasteiger partial charge is 0.308 e. The van der Waals surface area contributed by atoms with Crippen LogP contribution in [0.15, 0.2) is 54.6 Å². The minimum atomic E-state index is -0.375. The van der Waals surface area contributed by atoms with Gasteiger partial charge in [0.05, 0.1) is 39.5 Å². The molecule has 0 aliphatic heterocycles. The summed E-state index contributed by atoms with van der Waals surface area (Å²) in [6.45, 7) is 4.42. The van der Waals surface area contributed by atoms with Crippen LogP contribution in [0.4, 0.5) is 0 Å². The monoisotopic (exact) mass is 543 g/mol. The predicted octanol–water partition coefficient (Wildman–Crippen LogP) is 4.91. The zero-order valence-electron chi connectivity index (χ0n) is 21.9. The molecule has 0 saturated carbocycles. The quantitative estimate of drug-likeness (QED) is 0.276. The van der Waals surface area contributed by atoms with Crippen LogP contribution in [0, 0.1) is 12.8 Å². The standard InChI is InChI=1S/C29H34ClNO7/c1-4-36-27(14-29(34)35-3)22-6-8-23(9-7-22)37-17-20-5-11-26(30)25(13-20)24-10-12-28(31-19(24)2)38-18-21(15-32)16-33/h5-13,21,27,32-33H,4,14-18H2,1-3H3/t27-/m0/s1. The van der Waals surface area contributed by atoms with Crippen molar-refractivity contribution < 1.29 is 34.0 Å². The van der Waals surface area contributed by atoms with Crippen LogP contribution in [0.25, 0.3) is 11.1 Å². The van der Waals surface area contributed by atoms with Crippen LogP contribution in [0.3, 0.4) is 0 Å². The lowest BCUT2D eigenvalue weighted by atomic mass is 10.0. The summed E-state index contributed by atoms with van der Waals surface area (Å²) in [6.07, 6.45) is -0.231. The molecular weight excluding hydrogens is 510 g/mol. The number of methoxy groups -OCH3 is 1. The summed E-state index contributed by atoms with van der Waals surface area (Å²) in [7, 11) is 1.36. The summed E-state index contributed by atoms with van der Waals surface area (Å²) in [6, 6.07) is 16.8. The van der Waals surface area contributed by atoms with E-state index in [-0.39, 0.29) is 44.2 Å². The molecular formula is C29H34ClNO7. The second kappa shape index (κ2) is 14.7. The van der Waals surface area contributed by atoms with Crippen molar-refractivity contribution in [2.24, 2.45) is 5.92 Å². The first-order valence-electron chi connectivity index (χ1n) is 12.4. The molecule has 0 spiro atoms. The van der Waals surface area contributed by atoms with Crippen molar-refractivity contribution in [3.05, 3.63) is 76.4 Å². The van der Waals surface area contributed by atoms with Crippen LogP contribution < -0.4 is 9.47 Å². The third kappa shape index (κ3) is 8.16. The first-order chi connectivity index (χ1) is 18.4. The zero-order chi connectivity index (χ0) is 27.5. The molecule has 2 aromatic carbocycles. The topological polar surface area (TPSA) is 107 Å². The molecule has 9 heteroatoms. The highest BCUT2D eigenvalue weighted by Gasteiger charge is 2.17. The Kier molecular flexibility index (Phi) is 11.4. The fraction of sp³-hybridized carbons (Fsp3) is 0.379. The molecule has 3 rings (SSSR count). The number of esters is 1. The highest BCUT2D eigenvalue weighted by Crippen LogP contribution is 2.32. The number of aromatic nitrogens is 1. The van der Waals surface area contributed by atoms with Crippen molar-refractivity contribution in [3.8, 4) is 22.8 Å². The van der Waals surface area contributed by atoms with Gasteiger partial charge < -0.3 is 29.2 Å². The summed E-state index contributed by atoms with van der Waals surface area (Å²) < 4.78 is 22.1. The lowest BCUT2D eigenvalue weighted by molar-refractivity contribution is -0.143. The molecule has 0 aliphatic carbocycles. The number of aliphatic hydroxyl groups is 2. The van der Waals surface area contributed by atoms with Crippen LogP contribution >= 0.6 is 11.6 Å². The Bertz CT molecular complexity index is 1180. The number of carbonyl (C=O) groups excluding carboxylic acids is 1. The van der Waals surface area contributed by atoms with E-state index in [4.69, 9.17) is 30.5 Å². The Balaban J connectivity index is 1.68. The second-order valence-electron chi connectivity index (χ2n) is 8.72. The maximum Gasteiger partial charge on any atom is 0.308 e. The van der Waals surface area contributed by atoms with E-state index >= 15 is 0 Å². The van der Waals surface area contributed by atoms with Gasteiger partial charge in [-0.05, 0) is 55.3 Å². The zero-order valence-corrected chi connectivity index (χ0v) is 22.6. The number of hydrogen-bond donors (Lipinski definition) is 2. The van der Waals surface area contributed by atoms with Crippen molar-refractivity contribution >= 4 is 17.6 Å². The second-order valence-corrected chi connectivity index (χ2v) is 9.13. The minimum absolute atomic E-state index is 0.144. The van der Waals surface area contributed by atoms with Gasteiger partial charge in [0.2, 0.25) is 5.88 Å². The SMILES string of the molecule is CCO[C@@H](CC(=O)OC)c1ccc(OCc2ccc(Cl)c(-c3ccc(OCC(CO)CO)nc3C)c2)cc1. The van der Waals surface area contributed by atoms with Gasteiger partial charge in [-0.25, -0.2) is 4.98 Å². The Morgan fingerprint density at radius 1 is 1.00 bits per heavy atom. The van der Waals surface area contributed by atoms with E-state index < -0.39 is 0 Å². The summed E-state index contributed by atoms with van der Waals surface area (Å²) in [5, 5.41) is 19.0. The molecule has 1 aromatic heterocycles. The number of ether oxygens (including phenoxy) is 4. The fourth-order valence-electron chi connectivity index (χ4n) is 3.79. The van der Waals surface area contributed by atoms with E-state index in [1.54, 1.807) is 6.07 Å². The van der Waals surface area contributed by atoms with Gasteiger partial charge in [-0.1, -0.05) is 29.8 Å². The predicted molar refractivity (Wildman–Crippen MR) is 144 cm³/mol. The molecule has 0 aliphatic rings. The van der Waals surface area contributed by atoms with Crippen molar-refractivity contribution in [2.75, 3.05) is 33.5 Å². The van der Waals surface area contributed by atoms with Crippen LogP contribution in [0.1, 0.15) is 36.3 Å². The third-order valence-electron chi connectivity index (χ3n) is 5.97. The molecule has 0 bridgehead atoms. The maximum absolute atomic E-state index is 11.7. The molecule has 38 heavy (non-hydrogen) atoms. The summed E-state index contributed by atoms with van der Waals surface area (Å²) >= 11 is 6.52. The first kappa shape index (κ1) is 29.4. The molecule has 1 heterocycles. The van der Waals surface area contributed by atoms with Crippen molar-refractivity contribution in [1.29, 1.82) is 0 Å². The molecule has 0 unspecified atom stereocenters. The highest BCUT2D eigenvalue weighted by atomic mass is 35.5. The molecule has 1 atom stereocenters. The van der Waals surface area contributed by atoms with Gasteiger partial charge in [-0.3, -0.25) is 4.79 Å². The van der Waals surface area contributed by atoms with Crippen molar-refractivity contribution in [3.63, 3.8) is 0 Å². The number of aliphatic hydroxyl groups excluding tert-OH is 2. The third-order valence-corrected chi connectivity index (χ3v) is 6.30. The number of benzene rings is 2. The Morgan fingerprint density at radius 3 is 2.37 bits per heavy atom. The molecule has 0 radical (unpaired) electrons. The van der Waals surface area contributed by atoms with E-state index in [1.165, 1.54) is 7.11 Å². The largest absolute Gasteiger partial charge is 0.489 e. The number of aryl methyl sites for hydroxylation is 1. The lowest BCUT2D eigenvalue weighted by Crippen LogP contribution is -2.20. The van der Waals surface area contributed by atoms with E-state index in [1.807, 2.05) is 62.4 Å². The first-order valence-corrected chi connectivity index (χ1v) is 12.8. The fourth-order valence-corrected chi connectivity index (χ4v) is 4.01. The van der Waals surface area contributed by atoms with Crippen LogP contribution in [0.2, 0.25) is 5.02 Å². The number of nitrogens with zero attached hydrogens (tertiary/aromatic N) is 1. The number of rotatable bonds is 14. The van der Waals surface area contributed by atoms with Crippen LogP contribution in [-0.2, 0) is 20.9 Å². The van der Waals surface area contributed by atoms with Crippen LogP contribution in [-0.4, -0.2) is 54.7 Å². The Morgan fingerprint density at radius 2 is 1.74 bits per heavy atom. The molecule has 0 saturated heterocycles. The summed E-state index contributed by atoms with van der Waals surface area (Å²) in [4.78, 5) is 16.2. The van der Waals surface area contributed by atoms with E-state index in [0.29, 0.717) is 29.9 Å². The summed E-state index contributed by atoms with van der Waals surface area (Å²) in [5.74, 6) is 0.411. The minimum Gasteiger partial charge on any atom is -0.489 e. The van der Waals surface area contributed by atoms with E-state index in [2.05, 4.69) is 4.98 Å². The van der Waals surface area contributed by atoms with Gasteiger partial charge in [0.15, 0.2) is 0 Å². The molecule has 204 valence electrons. The van der Waals surface area contributed by atoms with Gasteiger partial charge in [0, 0.05) is 40.4 Å².